The summed E-state index contributed by atoms with van der Waals surface area (Å²) in [5.74, 6) is -0.335. The molecule has 0 radical (unpaired) electrons. The van der Waals surface area contributed by atoms with E-state index in [0.29, 0.717) is 5.46 Å². The van der Waals surface area contributed by atoms with E-state index in [0.717, 1.165) is 11.3 Å². The normalized spacial score (nSPS) is 18.7. The molecule has 0 saturated carbocycles. The molecule has 1 saturated heterocycles. The fraction of sp³-hybridized carbons (Fsp3) is 0.316. The minimum absolute atomic E-state index is 0.335. The molecule has 0 amide bonds. The number of hydrogen-bond acceptors (Lipinski definition) is 4. The van der Waals surface area contributed by atoms with Crippen LogP contribution in [0.3, 0.4) is 0 Å². The Morgan fingerprint density at radius 2 is 1.64 bits per heavy atom. The highest BCUT2D eigenvalue weighted by Gasteiger charge is 2.52. The monoisotopic (exact) mass is 340 g/mol. The summed E-state index contributed by atoms with van der Waals surface area (Å²) in [6.07, 6.45) is 1.65. The van der Waals surface area contributed by atoms with Crippen molar-refractivity contribution in [3.05, 3.63) is 59.9 Å². The van der Waals surface area contributed by atoms with Crippen molar-refractivity contribution in [3.63, 3.8) is 0 Å². The lowest BCUT2D eigenvalue weighted by atomic mass is 9.76. The van der Waals surface area contributed by atoms with Crippen LogP contribution in [-0.2, 0) is 9.31 Å². The van der Waals surface area contributed by atoms with Gasteiger partial charge in [0.25, 0.3) is 0 Å². The van der Waals surface area contributed by atoms with Crippen LogP contribution in [0.2, 0.25) is 0 Å². The van der Waals surface area contributed by atoms with Crippen LogP contribution in [-0.4, -0.2) is 24.5 Å². The lowest BCUT2D eigenvalue weighted by Gasteiger charge is -2.32. The first-order valence-electron chi connectivity index (χ1n) is 8.28. The van der Waals surface area contributed by atoms with Crippen molar-refractivity contribution in [1.29, 1.82) is 0 Å². The van der Waals surface area contributed by atoms with Gasteiger partial charge in [-0.05, 0) is 63.0 Å². The standard InChI is InChI=1S/C19H22BFN2O2/c1-18(2)19(3,4)25-20(24-18)17-12-15(21)11-10-14(17)13-22-23-16-8-6-5-7-9-16/h5-13,23H,1-4H3. The summed E-state index contributed by atoms with van der Waals surface area (Å²) in [5.41, 5.74) is 4.22. The van der Waals surface area contributed by atoms with Gasteiger partial charge in [0.15, 0.2) is 0 Å². The predicted molar refractivity (Wildman–Crippen MR) is 99.8 cm³/mol. The number of hydrazone groups is 1. The number of anilines is 1. The van der Waals surface area contributed by atoms with Gasteiger partial charge in [-0.15, -0.1) is 0 Å². The second-order valence-electron chi connectivity index (χ2n) is 7.10. The molecule has 1 N–H and O–H groups in total. The smallest absolute Gasteiger partial charge is 0.399 e. The molecule has 1 fully saturated rings. The fourth-order valence-electron chi connectivity index (χ4n) is 2.53. The fourth-order valence-corrected chi connectivity index (χ4v) is 2.53. The molecule has 6 heteroatoms. The first-order valence-corrected chi connectivity index (χ1v) is 8.28. The van der Waals surface area contributed by atoms with Gasteiger partial charge in [0.2, 0.25) is 0 Å². The molecular formula is C19H22BFN2O2. The molecule has 1 aliphatic rings. The zero-order chi connectivity index (χ0) is 18.1. The molecule has 2 aromatic rings. The van der Waals surface area contributed by atoms with Crippen LogP contribution < -0.4 is 10.9 Å². The van der Waals surface area contributed by atoms with Gasteiger partial charge in [-0.1, -0.05) is 24.3 Å². The van der Waals surface area contributed by atoms with Crippen LogP contribution in [0, 0.1) is 5.82 Å². The van der Waals surface area contributed by atoms with Gasteiger partial charge < -0.3 is 9.31 Å². The van der Waals surface area contributed by atoms with Crippen LogP contribution in [0.25, 0.3) is 0 Å². The summed E-state index contributed by atoms with van der Waals surface area (Å²) in [5, 5.41) is 4.24. The highest BCUT2D eigenvalue weighted by molar-refractivity contribution is 6.63. The average Bonchev–Trinajstić information content (AvgIpc) is 2.78. The third-order valence-corrected chi connectivity index (χ3v) is 4.73. The molecule has 0 aromatic heterocycles. The van der Waals surface area contributed by atoms with Crippen molar-refractivity contribution < 1.29 is 13.7 Å². The van der Waals surface area contributed by atoms with Crippen molar-refractivity contribution in [3.8, 4) is 0 Å². The Balaban J connectivity index is 1.84. The first-order chi connectivity index (χ1) is 11.8. The van der Waals surface area contributed by atoms with Crippen molar-refractivity contribution in [2.24, 2.45) is 5.10 Å². The van der Waals surface area contributed by atoms with E-state index in [-0.39, 0.29) is 5.82 Å². The van der Waals surface area contributed by atoms with Crippen LogP contribution in [0.4, 0.5) is 10.1 Å². The topological polar surface area (TPSA) is 42.8 Å². The van der Waals surface area contributed by atoms with Gasteiger partial charge in [0.1, 0.15) is 5.82 Å². The zero-order valence-electron chi connectivity index (χ0n) is 14.9. The van der Waals surface area contributed by atoms with Crippen molar-refractivity contribution in [2.75, 3.05) is 5.43 Å². The molecule has 25 heavy (non-hydrogen) atoms. The predicted octanol–water partition coefficient (Wildman–Crippen LogP) is 3.57. The highest BCUT2D eigenvalue weighted by Crippen LogP contribution is 2.36. The molecule has 0 spiro atoms. The summed E-state index contributed by atoms with van der Waals surface area (Å²) in [4.78, 5) is 0. The zero-order valence-corrected chi connectivity index (χ0v) is 14.9. The van der Waals surface area contributed by atoms with E-state index >= 15 is 0 Å². The van der Waals surface area contributed by atoms with Crippen LogP contribution in [0.15, 0.2) is 53.6 Å². The maximum Gasteiger partial charge on any atom is 0.495 e. The van der Waals surface area contributed by atoms with E-state index in [1.54, 1.807) is 12.3 Å². The van der Waals surface area contributed by atoms with Gasteiger partial charge in [0, 0.05) is 0 Å². The summed E-state index contributed by atoms with van der Waals surface area (Å²) < 4.78 is 25.9. The Morgan fingerprint density at radius 1 is 1.00 bits per heavy atom. The van der Waals surface area contributed by atoms with Crippen LogP contribution >= 0.6 is 0 Å². The number of rotatable bonds is 4. The minimum atomic E-state index is -0.640. The van der Waals surface area contributed by atoms with Crippen molar-refractivity contribution in [1.82, 2.24) is 0 Å². The van der Waals surface area contributed by atoms with Crippen LogP contribution in [0.1, 0.15) is 33.3 Å². The largest absolute Gasteiger partial charge is 0.495 e. The molecule has 2 aromatic carbocycles. The Bertz CT molecular complexity index is 762. The Labute approximate surface area is 148 Å². The molecule has 0 bridgehead atoms. The van der Waals surface area contributed by atoms with E-state index < -0.39 is 18.3 Å². The van der Waals surface area contributed by atoms with Gasteiger partial charge in [0.05, 0.1) is 23.1 Å². The van der Waals surface area contributed by atoms with E-state index in [1.807, 2.05) is 58.0 Å². The number of nitrogens with one attached hydrogen (secondary N) is 1. The Morgan fingerprint density at radius 3 is 2.28 bits per heavy atom. The second kappa shape index (κ2) is 6.62. The lowest BCUT2D eigenvalue weighted by Crippen LogP contribution is -2.41. The van der Waals surface area contributed by atoms with Gasteiger partial charge >= 0.3 is 7.12 Å². The number of nitrogens with zero attached hydrogens (tertiary/aromatic N) is 1. The molecular weight excluding hydrogens is 318 g/mol. The third kappa shape index (κ3) is 3.75. The minimum Gasteiger partial charge on any atom is -0.399 e. The van der Waals surface area contributed by atoms with Gasteiger partial charge in [-0.2, -0.15) is 5.10 Å². The van der Waals surface area contributed by atoms with E-state index in [2.05, 4.69) is 10.5 Å². The molecule has 4 nitrogen and oxygen atoms in total. The molecule has 1 heterocycles. The van der Waals surface area contributed by atoms with E-state index in [1.165, 1.54) is 12.1 Å². The Kier molecular flexibility index (Phi) is 4.67. The maximum absolute atomic E-state index is 13.8. The van der Waals surface area contributed by atoms with Gasteiger partial charge in [-0.25, -0.2) is 4.39 Å². The van der Waals surface area contributed by atoms with Crippen molar-refractivity contribution in [2.45, 2.75) is 38.9 Å². The van der Waals surface area contributed by atoms with Crippen LogP contribution in [0.5, 0.6) is 0 Å². The highest BCUT2D eigenvalue weighted by atomic mass is 19.1. The number of benzene rings is 2. The summed E-state index contributed by atoms with van der Waals surface area (Å²) >= 11 is 0. The molecule has 0 atom stereocenters. The maximum atomic E-state index is 13.8. The average molecular weight is 340 g/mol. The first kappa shape index (κ1) is 17.6. The quantitative estimate of drug-likeness (QED) is 0.526. The number of halogens is 1. The SMILES string of the molecule is CC1(C)OB(c2cc(F)ccc2C=NNc2ccccc2)OC1(C)C. The van der Waals surface area contributed by atoms with Crippen molar-refractivity contribution >= 4 is 24.5 Å². The molecule has 1 aliphatic heterocycles. The summed E-state index contributed by atoms with van der Waals surface area (Å²) in [6.45, 7) is 7.88. The van der Waals surface area contributed by atoms with Gasteiger partial charge in [-0.3, -0.25) is 5.43 Å². The lowest BCUT2D eigenvalue weighted by molar-refractivity contribution is 0.00578. The molecule has 0 aliphatic carbocycles. The molecule has 0 unspecified atom stereocenters. The molecule has 130 valence electrons. The summed E-state index contributed by atoms with van der Waals surface area (Å²) in [6, 6.07) is 14.1. The Hall–Kier alpha value is -2.18. The third-order valence-electron chi connectivity index (χ3n) is 4.73. The second-order valence-corrected chi connectivity index (χ2v) is 7.10. The number of para-hydroxylation sites is 1. The molecule has 3 rings (SSSR count). The number of hydrogen-bond donors (Lipinski definition) is 1. The van der Waals surface area contributed by atoms with E-state index in [4.69, 9.17) is 9.31 Å². The summed E-state index contributed by atoms with van der Waals surface area (Å²) in [7, 11) is -0.640. The van der Waals surface area contributed by atoms with E-state index in [9.17, 15) is 4.39 Å².